The maximum absolute atomic E-state index is 12.8. The van der Waals surface area contributed by atoms with E-state index in [0.717, 1.165) is 27.9 Å². The number of hydrogen-bond donors (Lipinski definition) is 2. The number of anilines is 1. The van der Waals surface area contributed by atoms with Crippen molar-refractivity contribution in [3.05, 3.63) is 102 Å². The first-order valence-corrected chi connectivity index (χ1v) is 9.63. The highest BCUT2D eigenvalue weighted by atomic mass is 16.3. The van der Waals surface area contributed by atoms with E-state index in [4.69, 9.17) is 0 Å². The molecule has 0 aliphatic heterocycles. The number of amides is 1. The maximum atomic E-state index is 12.8. The second-order valence-electron chi connectivity index (χ2n) is 7.01. The number of aliphatic hydroxyl groups is 1. The van der Waals surface area contributed by atoms with E-state index in [1.165, 1.54) is 0 Å². The molecule has 0 saturated heterocycles. The number of benzene rings is 2. The molecule has 0 aliphatic carbocycles. The van der Waals surface area contributed by atoms with E-state index >= 15 is 0 Å². The minimum absolute atomic E-state index is 0.127. The molecule has 4 aromatic rings. The topological polar surface area (TPSA) is 75.1 Å². The Labute approximate surface area is 175 Å². The van der Waals surface area contributed by atoms with Gasteiger partial charge in [-0.3, -0.25) is 14.8 Å². The van der Waals surface area contributed by atoms with Gasteiger partial charge < -0.3 is 10.4 Å². The lowest BCUT2D eigenvalue weighted by molar-refractivity contribution is 0.102. The van der Waals surface area contributed by atoms with Crippen molar-refractivity contribution < 1.29 is 9.90 Å². The fourth-order valence-electron chi connectivity index (χ4n) is 3.22. The summed E-state index contributed by atoms with van der Waals surface area (Å²) >= 11 is 0. The van der Waals surface area contributed by atoms with Crippen LogP contribution in [0.25, 0.3) is 22.3 Å². The van der Waals surface area contributed by atoms with Crippen LogP contribution in [0.4, 0.5) is 5.69 Å². The number of nitrogens with zero attached hydrogens (tertiary/aromatic N) is 2. The van der Waals surface area contributed by atoms with Crippen molar-refractivity contribution in [3.8, 4) is 22.3 Å². The van der Waals surface area contributed by atoms with E-state index in [1.54, 1.807) is 24.5 Å². The van der Waals surface area contributed by atoms with Crippen LogP contribution < -0.4 is 5.32 Å². The number of nitrogens with one attached hydrogen (secondary N) is 1. The molecular weight excluding hydrogens is 374 g/mol. The Morgan fingerprint density at radius 3 is 2.43 bits per heavy atom. The highest BCUT2D eigenvalue weighted by molar-refractivity contribution is 6.03. The number of carbonyl (C=O) groups excluding carboxylic acids is 1. The van der Waals surface area contributed by atoms with Gasteiger partial charge in [0.15, 0.2) is 0 Å². The van der Waals surface area contributed by atoms with E-state index < -0.39 is 0 Å². The fraction of sp³-hybridized carbons (Fsp3) is 0.0800. The Bertz CT molecular complexity index is 1170. The van der Waals surface area contributed by atoms with Gasteiger partial charge in [0.05, 0.1) is 6.61 Å². The highest BCUT2D eigenvalue weighted by Crippen LogP contribution is 2.26. The molecule has 4 rings (SSSR count). The van der Waals surface area contributed by atoms with E-state index in [2.05, 4.69) is 15.3 Å². The van der Waals surface area contributed by atoms with Crippen LogP contribution in [-0.4, -0.2) is 21.0 Å². The molecule has 0 radical (unpaired) electrons. The van der Waals surface area contributed by atoms with Gasteiger partial charge in [-0.05, 0) is 65.6 Å². The van der Waals surface area contributed by atoms with Crippen LogP contribution in [0.1, 0.15) is 21.7 Å². The molecule has 5 nitrogen and oxygen atoms in total. The van der Waals surface area contributed by atoms with Crippen LogP contribution in [-0.2, 0) is 6.61 Å². The molecule has 0 spiro atoms. The van der Waals surface area contributed by atoms with Gasteiger partial charge in [-0.25, -0.2) is 0 Å². The molecule has 5 heteroatoms. The van der Waals surface area contributed by atoms with Crippen LogP contribution in [0, 0.1) is 6.92 Å². The average Bonchev–Trinajstić information content (AvgIpc) is 2.80. The predicted molar refractivity (Wildman–Crippen MR) is 118 cm³/mol. The lowest BCUT2D eigenvalue weighted by atomic mass is 10.0. The molecule has 1 amide bonds. The predicted octanol–water partition coefficient (Wildman–Crippen LogP) is 4.86. The van der Waals surface area contributed by atoms with Gasteiger partial charge in [0.25, 0.3) is 5.91 Å². The molecule has 30 heavy (non-hydrogen) atoms. The number of aliphatic hydroxyl groups excluding tert-OH is 1. The lowest BCUT2D eigenvalue weighted by Crippen LogP contribution is -2.14. The van der Waals surface area contributed by atoms with E-state index in [1.807, 2.05) is 67.6 Å². The Morgan fingerprint density at radius 2 is 1.70 bits per heavy atom. The summed E-state index contributed by atoms with van der Waals surface area (Å²) in [4.78, 5) is 21.4. The number of pyridine rings is 2. The smallest absolute Gasteiger partial charge is 0.274 e. The number of aromatic nitrogens is 2. The summed E-state index contributed by atoms with van der Waals surface area (Å²) in [6, 6.07) is 22.9. The molecule has 0 unspecified atom stereocenters. The third kappa shape index (κ3) is 4.42. The normalized spacial score (nSPS) is 10.6. The fourth-order valence-corrected chi connectivity index (χ4v) is 3.22. The van der Waals surface area contributed by atoms with Crippen molar-refractivity contribution in [2.24, 2.45) is 0 Å². The molecule has 2 heterocycles. The Hall–Kier alpha value is -3.83. The average molecular weight is 395 g/mol. The molecule has 2 aromatic heterocycles. The minimum atomic E-state index is -0.309. The minimum Gasteiger partial charge on any atom is -0.392 e. The monoisotopic (exact) mass is 395 g/mol. The SMILES string of the molecule is Cc1ccc(-c2cc(CO)cc(NC(=O)c3cc(-c4ccccc4)ccn3)c2)cn1. The molecule has 0 aliphatic rings. The zero-order chi connectivity index (χ0) is 20.9. The lowest BCUT2D eigenvalue weighted by Gasteiger charge is -2.11. The van der Waals surface area contributed by atoms with Crippen LogP contribution in [0.2, 0.25) is 0 Å². The molecule has 0 atom stereocenters. The zero-order valence-electron chi connectivity index (χ0n) is 16.5. The highest BCUT2D eigenvalue weighted by Gasteiger charge is 2.11. The molecule has 0 fully saturated rings. The van der Waals surface area contributed by atoms with Crippen molar-refractivity contribution in [3.63, 3.8) is 0 Å². The van der Waals surface area contributed by atoms with Crippen LogP contribution >= 0.6 is 0 Å². The molecule has 0 saturated carbocycles. The largest absolute Gasteiger partial charge is 0.392 e. The first-order chi connectivity index (χ1) is 14.6. The van der Waals surface area contributed by atoms with E-state index in [-0.39, 0.29) is 12.5 Å². The van der Waals surface area contributed by atoms with Crippen LogP contribution in [0.15, 0.2) is 85.2 Å². The summed E-state index contributed by atoms with van der Waals surface area (Å²) in [7, 11) is 0. The van der Waals surface area contributed by atoms with Crippen LogP contribution in [0.5, 0.6) is 0 Å². The Balaban J connectivity index is 1.62. The maximum Gasteiger partial charge on any atom is 0.274 e. The van der Waals surface area contributed by atoms with Gasteiger partial charge in [-0.1, -0.05) is 36.4 Å². The van der Waals surface area contributed by atoms with E-state index in [0.29, 0.717) is 16.9 Å². The van der Waals surface area contributed by atoms with Gasteiger partial charge in [-0.2, -0.15) is 0 Å². The summed E-state index contributed by atoms with van der Waals surface area (Å²) in [6.45, 7) is 1.80. The third-order valence-electron chi connectivity index (χ3n) is 4.78. The number of aryl methyl sites for hydroxylation is 1. The summed E-state index contributed by atoms with van der Waals surface area (Å²) < 4.78 is 0. The van der Waals surface area contributed by atoms with Crippen molar-refractivity contribution >= 4 is 11.6 Å². The van der Waals surface area contributed by atoms with Gasteiger partial charge in [0.1, 0.15) is 5.69 Å². The number of rotatable bonds is 5. The number of hydrogen-bond acceptors (Lipinski definition) is 4. The summed E-state index contributed by atoms with van der Waals surface area (Å²) in [5.41, 5.74) is 6.27. The summed E-state index contributed by atoms with van der Waals surface area (Å²) in [5.74, 6) is -0.309. The Kier molecular flexibility index (Phi) is 5.63. The second kappa shape index (κ2) is 8.68. The van der Waals surface area contributed by atoms with Gasteiger partial charge >= 0.3 is 0 Å². The quantitative estimate of drug-likeness (QED) is 0.506. The standard InChI is InChI=1S/C25H21N3O2/c1-17-7-8-21(15-27-17)22-11-18(16-29)12-23(13-22)28-25(30)24-14-20(9-10-26-24)19-5-3-2-4-6-19/h2-15,29H,16H2,1H3,(H,28,30). The summed E-state index contributed by atoms with van der Waals surface area (Å²) in [5, 5.41) is 12.6. The Morgan fingerprint density at radius 1 is 0.867 bits per heavy atom. The van der Waals surface area contributed by atoms with Crippen molar-refractivity contribution in [1.82, 2.24) is 9.97 Å². The molecule has 2 N–H and O–H groups in total. The second-order valence-corrected chi connectivity index (χ2v) is 7.01. The molecular formula is C25H21N3O2. The van der Waals surface area contributed by atoms with Gasteiger partial charge in [0, 0.05) is 29.3 Å². The first-order valence-electron chi connectivity index (χ1n) is 9.63. The molecule has 2 aromatic carbocycles. The van der Waals surface area contributed by atoms with Crippen molar-refractivity contribution in [1.29, 1.82) is 0 Å². The zero-order valence-corrected chi connectivity index (χ0v) is 16.5. The number of carbonyl (C=O) groups is 1. The van der Waals surface area contributed by atoms with Gasteiger partial charge in [-0.15, -0.1) is 0 Å². The molecule has 0 bridgehead atoms. The van der Waals surface area contributed by atoms with Crippen LogP contribution in [0.3, 0.4) is 0 Å². The van der Waals surface area contributed by atoms with Crippen molar-refractivity contribution in [2.45, 2.75) is 13.5 Å². The third-order valence-corrected chi connectivity index (χ3v) is 4.78. The first kappa shape index (κ1) is 19.5. The van der Waals surface area contributed by atoms with Gasteiger partial charge in [0.2, 0.25) is 0 Å². The summed E-state index contributed by atoms with van der Waals surface area (Å²) in [6.07, 6.45) is 3.41. The van der Waals surface area contributed by atoms with E-state index in [9.17, 15) is 9.90 Å². The molecule has 148 valence electrons. The van der Waals surface area contributed by atoms with Crippen molar-refractivity contribution in [2.75, 3.05) is 5.32 Å².